The minimum Gasteiger partial charge on any atom is -0.482 e. The molecule has 150 valence electrons. The van der Waals surface area contributed by atoms with Gasteiger partial charge in [0.25, 0.3) is 5.91 Å². The number of benzene rings is 2. The summed E-state index contributed by atoms with van der Waals surface area (Å²) in [5.41, 5.74) is 1.61. The van der Waals surface area contributed by atoms with Crippen molar-refractivity contribution in [3.05, 3.63) is 65.1 Å². The summed E-state index contributed by atoms with van der Waals surface area (Å²) in [6.45, 7) is 2.47. The molecule has 6 nitrogen and oxygen atoms in total. The van der Waals surface area contributed by atoms with Gasteiger partial charge in [0, 0.05) is 6.54 Å². The van der Waals surface area contributed by atoms with Crippen LogP contribution >= 0.6 is 11.8 Å². The van der Waals surface area contributed by atoms with Gasteiger partial charge in [-0.25, -0.2) is 9.79 Å². The van der Waals surface area contributed by atoms with Gasteiger partial charge in [-0.3, -0.25) is 9.69 Å². The third-order valence-electron chi connectivity index (χ3n) is 4.06. The number of carbonyl (C=O) groups is 2. The Bertz CT molecular complexity index is 941. The second kappa shape index (κ2) is 9.93. The fourth-order valence-electron chi connectivity index (χ4n) is 2.67. The third-order valence-corrected chi connectivity index (χ3v) is 5.06. The molecule has 0 aromatic heterocycles. The molecule has 0 spiro atoms. The van der Waals surface area contributed by atoms with Crippen LogP contribution in [0.2, 0.25) is 0 Å². The normalized spacial score (nSPS) is 16.5. The van der Waals surface area contributed by atoms with E-state index < -0.39 is 5.97 Å². The molecule has 7 heteroatoms. The van der Waals surface area contributed by atoms with Gasteiger partial charge in [0.1, 0.15) is 5.75 Å². The van der Waals surface area contributed by atoms with Crippen LogP contribution in [-0.2, 0) is 14.3 Å². The van der Waals surface area contributed by atoms with Gasteiger partial charge < -0.3 is 9.47 Å². The minimum atomic E-state index is -0.452. The van der Waals surface area contributed by atoms with E-state index in [1.165, 1.54) is 18.9 Å². The second-order valence-corrected chi connectivity index (χ2v) is 7.24. The Kier molecular flexibility index (Phi) is 7.08. The molecule has 0 bridgehead atoms. The van der Waals surface area contributed by atoms with E-state index in [-0.39, 0.29) is 12.5 Å². The number of amides is 1. The third kappa shape index (κ3) is 5.48. The molecule has 1 aliphatic rings. The molecule has 1 saturated heterocycles. The van der Waals surface area contributed by atoms with E-state index in [1.54, 1.807) is 17.0 Å². The fraction of sp³-hybridized carbons (Fsp3) is 0.227. The number of para-hydroxylation sites is 1. The summed E-state index contributed by atoms with van der Waals surface area (Å²) in [5.74, 6) is 0.0171. The summed E-state index contributed by atoms with van der Waals surface area (Å²) in [6, 6.07) is 16.8. The summed E-state index contributed by atoms with van der Waals surface area (Å²) in [4.78, 5) is 31.1. The number of hydrogen-bond acceptors (Lipinski definition) is 6. The van der Waals surface area contributed by atoms with Crippen molar-refractivity contribution in [2.45, 2.75) is 13.3 Å². The fourth-order valence-corrected chi connectivity index (χ4v) is 3.70. The molecule has 3 rings (SSSR count). The van der Waals surface area contributed by atoms with Crippen LogP contribution in [0.1, 0.15) is 18.9 Å². The molecule has 1 fully saturated rings. The van der Waals surface area contributed by atoms with Crippen molar-refractivity contribution in [3.8, 4) is 5.75 Å². The zero-order chi connectivity index (χ0) is 20.6. The number of nitrogens with zero attached hydrogens (tertiary/aromatic N) is 2. The highest BCUT2D eigenvalue weighted by Crippen LogP contribution is 2.34. The number of methoxy groups -OCH3 is 1. The Morgan fingerprint density at radius 2 is 1.97 bits per heavy atom. The monoisotopic (exact) mass is 410 g/mol. The predicted molar refractivity (Wildman–Crippen MR) is 115 cm³/mol. The van der Waals surface area contributed by atoms with Gasteiger partial charge in [-0.2, -0.15) is 0 Å². The highest BCUT2D eigenvalue weighted by Gasteiger charge is 2.32. The van der Waals surface area contributed by atoms with Crippen molar-refractivity contribution >= 4 is 40.6 Å². The summed E-state index contributed by atoms with van der Waals surface area (Å²) < 4.78 is 10.00. The van der Waals surface area contributed by atoms with Gasteiger partial charge in [0.05, 0.1) is 17.7 Å². The molecule has 0 saturated carbocycles. The van der Waals surface area contributed by atoms with E-state index in [9.17, 15) is 9.59 Å². The van der Waals surface area contributed by atoms with Crippen molar-refractivity contribution in [2.24, 2.45) is 4.99 Å². The largest absolute Gasteiger partial charge is 0.482 e. The topological polar surface area (TPSA) is 68.2 Å². The predicted octanol–water partition coefficient (Wildman–Crippen LogP) is 4.25. The average Bonchev–Trinajstić information content (AvgIpc) is 3.02. The summed E-state index contributed by atoms with van der Waals surface area (Å²) in [7, 11) is 1.31. The number of esters is 1. The molecule has 0 atom stereocenters. The van der Waals surface area contributed by atoms with Gasteiger partial charge >= 0.3 is 5.97 Å². The molecule has 2 aromatic rings. The summed E-state index contributed by atoms with van der Waals surface area (Å²) in [6.07, 6.45) is 2.65. The highest BCUT2D eigenvalue weighted by molar-refractivity contribution is 8.18. The Labute approximate surface area is 174 Å². The Balaban J connectivity index is 1.83. The van der Waals surface area contributed by atoms with Crippen LogP contribution in [0.25, 0.3) is 6.08 Å². The quantitative estimate of drug-likeness (QED) is 0.504. The standard InChI is InChI=1S/C22H22N2O4S/c1-3-12-24-21(26)19(29-22(24)23-17-9-5-4-6-10-17)14-16-8-7-11-18(13-16)28-15-20(25)27-2/h4-11,13-14H,3,12,15H2,1-2H3/b19-14+,23-22?. The molecule has 2 aromatic carbocycles. The highest BCUT2D eigenvalue weighted by atomic mass is 32.2. The van der Waals surface area contributed by atoms with Gasteiger partial charge in [-0.1, -0.05) is 37.3 Å². The first-order valence-corrected chi connectivity index (χ1v) is 10.1. The van der Waals surface area contributed by atoms with Crippen molar-refractivity contribution < 1.29 is 19.1 Å². The maximum atomic E-state index is 12.9. The van der Waals surface area contributed by atoms with Gasteiger partial charge in [0.2, 0.25) is 0 Å². The maximum absolute atomic E-state index is 12.9. The SMILES string of the molecule is CCCN1C(=O)/C(=C\c2cccc(OCC(=O)OC)c2)SC1=Nc1ccccc1. The lowest BCUT2D eigenvalue weighted by Crippen LogP contribution is -2.29. The van der Waals surface area contributed by atoms with Crippen molar-refractivity contribution in [1.29, 1.82) is 0 Å². The van der Waals surface area contributed by atoms with E-state index in [1.807, 2.05) is 55.5 Å². The lowest BCUT2D eigenvalue weighted by atomic mass is 10.2. The Morgan fingerprint density at radius 1 is 1.17 bits per heavy atom. The zero-order valence-electron chi connectivity index (χ0n) is 16.3. The number of amidine groups is 1. The lowest BCUT2D eigenvalue weighted by Gasteiger charge is -2.13. The first-order valence-electron chi connectivity index (χ1n) is 9.25. The van der Waals surface area contributed by atoms with Crippen LogP contribution in [0.5, 0.6) is 5.75 Å². The lowest BCUT2D eigenvalue weighted by molar-refractivity contribution is -0.142. The molecule has 0 unspecified atom stereocenters. The molecule has 1 heterocycles. The average molecular weight is 410 g/mol. The number of ether oxygens (including phenoxy) is 2. The number of carbonyl (C=O) groups excluding carboxylic acids is 2. The van der Waals surface area contributed by atoms with Crippen molar-refractivity contribution in [2.75, 3.05) is 20.3 Å². The van der Waals surface area contributed by atoms with E-state index in [4.69, 9.17) is 4.74 Å². The smallest absolute Gasteiger partial charge is 0.343 e. The molecule has 0 N–H and O–H groups in total. The molecular weight excluding hydrogens is 388 g/mol. The van der Waals surface area contributed by atoms with E-state index in [0.29, 0.717) is 22.4 Å². The first-order chi connectivity index (χ1) is 14.1. The van der Waals surface area contributed by atoms with Crippen LogP contribution in [0.15, 0.2) is 64.5 Å². The van der Waals surface area contributed by atoms with Gasteiger partial charge in [-0.15, -0.1) is 0 Å². The van der Waals surface area contributed by atoms with E-state index in [0.717, 1.165) is 17.7 Å². The number of thioether (sulfide) groups is 1. The Hall–Kier alpha value is -3.06. The number of hydrogen-bond donors (Lipinski definition) is 0. The summed E-state index contributed by atoms with van der Waals surface area (Å²) >= 11 is 1.36. The van der Waals surface area contributed by atoms with E-state index in [2.05, 4.69) is 9.73 Å². The molecule has 1 aliphatic heterocycles. The minimum absolute atomic E-state index is 0.0626. The molecule has 29 heavy (non-hydrogen) atoms. The number of aliphatic imine (C=N–C) groups is 1. The maximum Gasteiger partial charge on any atom is 0.343 e. The van der Waals surface area contributed by atoms with Crippen LogP contribution in [0.3, 0.4) is 0 Å². The van der Waals surface area contributed by atoms with Crippen molar-refractivity contribution in [3.63, 3.8) is 0 Å². The Morgan fingerprint density at radius 3 is 2.69 bits per heavy atom. The summed E-state index contributed by atoms with van der Waals surface area (Å²) in [5, 5.41) is 0.674. The van der Waals surface area contributed by atoms with Crippen LogP contribution < -0.4 is 4.74 Å². The molecule has 0 aliphatic carbocycles. The zero-order valence-corrected chi connectivity index (χ0v) is 17.1. The number of rotatable bonds is 7. The first kappa shape index (κ1) is 20.7. The second-order valence-electron chi connectivity index (χ2n) is 6.23. The molecule has 1 amide bonds. The van der Waals surface area contributed by atoms with Gasteiger partial charge in [-0.05, 0) is 54.1 Å². The molecule has 0 radical (unpaired) electrons. The van der Waals surface area contributed by atoms with Crippen LogP contribution in [-0.4, -0.2) is 42.2 Å². The molecular formula is C22H22N2O4S. The van der Waals surface area contributed by atoms with E-state index >= 15 is 0 Å². The van der Waals surface area contributed by atoms with Gasteiger partial charge in [0.15, 0.2) is 11.8 Å². The van der Waals surface area contributed by atoms with Crippen LogP contribution in [0, 0.1) is 0 Å². The van der Waals surface area contributed by atoms with Crippen molar-refractivity contribution in [1.82, 2.24) is 4.90 Å². The van der Waals surface area contributed by atoms with Crippen LogP contribution in [0.4, 0.5) is 5.69 Å².